The van der Waals surface area contributed by atoms with Crippen molar-refractivity contribution in [1.29, 1.82) is 0 Å². The van der Waals surface area contributed by atoms with Gasteiger partial charge in [0.1, 0.15) is 0 Å². The van der Waals surface area contributed by atoms with Gasteiger partial charge in [0, 0.05) is 35.6 Å². The van der Waals surface area contributed by atoms with Gasteiger partial charge in [-0.05, 0) is 56.2 Å². The summed E-state index contributed by atoms with van der Waals surface area (Å²) < 4.78 is 8.55. The molecule has 0 unspecified atom stereocenters. The largest absolute Gasteiger partial charge is 0.413 e. The fourth-order valence-electron chi connectivity index (χ4n) is 3.87. The quantitative estimate of drug-likeness (QED) is 0.427. The standard InChI is InChI=1S/C23H34N2O3Si/c1-14-11-17-12-16(9-10-19(17)25(14)6)20(26)13-18-21(22(27)24-18)15(2)28-29(7,8)23(3,4)5/h9-12,15,18,21H,13H2,1-8H3,(H,24,27)/t15-,18+,21+/m0/s1. The third kappa shape index (κ3) is 4.05. The molecule has 0 radical (unpaired) electrons. The van der Waals surface area contributed by atoms with E-state index in [1.807, 2.05) is 32.2 Å². The van der Waals surface area contributed by atoms with Gasteiger partial charge in [0.2, 0.25) is 5.91 Å². The molecule has 3 atom stereocenters. The number of ketones is 1. The minimum absolute atomic E-state index is 0.0110. The number of carbonyl (C=O) groups excluding carboxylic acids is 2. The Hall–Kier alpha value is -1.92. The third-order valence-electron chi connectivity index (χ3n) is 6.87. The SMILES string of the molecule is Cc1cc2cc(C(=O)C[C@H]3NC(=O)[C@@H]3[C@H](C)O[Si](C)(C)C(C)(C)C)ccc2n1C. The van der Waals surface area contributed by atoms with E-state index in [-0.39, 0.29) is 34.8 Å². The first-order valence-electron chi connectivity index (χ1n) is 10.4. The van der Waals surface area contributed by atoms with Crippen molar-refractivity contribution >= 4 is 30.9 Å². The molecule has 1 aliphatic heterocycles. The highest BCUT2D eigenvalue weighted by molar-refractivity contribution is 6.74. The van der Waals surface area contributed by atoms with E-state index in [4.69, 9.17) is 4.43 Å². The Morgan fingerprint density at radius 3 is 2.52 bits per heavy atom. The number of amides is 1. The van der Waals surface area contributed by atoms with E-state index < -0.39 is 8.32 Å². The molecule has 0 bridgehead atoms. The van der Waals surface area contributed by atoms with Crippen molar-refractivity contribution in [3.8, 4) is 0 Å². The molecular formula is C23H34N2O3Si. The number of Topliss-reactive ketones (excluding diaryl/α,β-unsaturated/α-hetero) is 1. The highest BCUT2D eigenvalue weighted by Crippen LogP contribution is 2.39. The Bertz CT molecular complexity index is 955. The van der Waals surface area contributed by atoms with Gasteiger partial charge in [-0.25, -0.2) is 0 Å². The number of carbonyl (C=O) groups is 2. The Morgan fingerprint density at radius 2 is 1.93 bits per heavy atom. The second kappa shape index (κ2) is 7.40. The Labute approximate surface area is 174 Å². The minimum Gasteiger partial charge on any atom is -0.413 e. The zero-order chi connectivity index (χ0) is 21.7. The Kier molecular flexibility index (Phi) is 5.56. The van der Waals surface area contributed by atoms with Crippen LogP contribution < -0.4 is 5.32 Å². The predicted octanol–water partition coefficient (Wildman–Crippen LogP) is 4.58. The number of aryl methyl sites for hydroxylation is 2. The van der Waals surface area contributed by atoms with Gasteiger partial charge >= 0.3 is 0 Å². The second-order valence-corrected chi connectivity index (χ2v) is 14.7. The lowest BCUT2D eigenvalue weighted by Gasteiger charge is -2.45. The summed E-state index contributed by atoms with van der Waals surface area (Å²) in [5, 5.41) is 4.07. The first-order valence-corrected chi connectivity index (χ1v) is 13.3. The molecule has 0 spiro atoms. The summed E-state index contributed by atoms with van der Waals surface area (Å²) in [7, 11) is 0.0481. The topological polar surface area (TPSA) is 60.3 Å². The van der Waals surface area contributed by atoms with Crippen LogP contribution in [0.25, 0.3) is 10.9 Å². The molecule has 5 nitrogen and oxygen atoms in total. The van der Waals surface area contributed by atoms with Gasteiger partial charge in [-0.3, -0.25) is 9.59 Å². The fraction of sp³-hybridized carbons (Fsp3) is 0.565. The van der Waals surface area contributed by atoms with Crippen molar-refractivity contribution in [3.63, 3.8) is 0 Å². The molecule has 1 aromatic carbocycles. The molecule has 2 heterocycles. The van der Waals surface area contributed by atoms with Crippen LogP contribution in [0.5, 0.6) is 0 Å². The Balaban J connectivity index is 1.71. The van der Waals surface area contributed by atoms with Crippen LogP contribution in [0, 0.1) is 12.8 Å². The number of hydrogen-bond donors (Lipinski definition) is 1. The van der Waals surface area contributed by atoms with E-state index in [0.29, 0.717) is 12.0 Å². The number of β-lactam (4-membered cyclic amide) rings is 1. The zero-order valence-electron chi connectivity index (χ0n) is 18.9. The van der Waals surface area contributed by atoms with Gasteiger partial charge in [-0.15, -0.1) is 0 Å². The van der Waals surface area contributed by atoms with Crippen molar-refractivity contribution in [2.75, 3.05) is 0 Å². The van der Waals surface area contributed by atoms with Crippen molar-refractivity contribution < 1.29 is 14.0 Å². The van der Waals surface area contributed by atoms with Crippen LogP contribution >= 0.6 is 0 Å². The number of rotatable bonds is 6. The van der Waals surface area contributed by atoms with Crippen molar-refractivity contribution in [2.24, 2.45) is 13.0 Å². The zero-order valence-corrected chi connectivity index (χ0v) is 19.9. The number of nitrogens with one attached hydrogen (secondary N) is 1. The Morgan fingerprint density at radius 1 is 1.28 bits per heavy atom. The molecule has 2 aromatic rings. The second-order valence-electron chi connectivity index (χ2n) is 9.97. The van der Waals surface area contributed by atoms with Gasteiger partial charge in [0.25, 0.3) is 0 Å². The molecule has 6 heteroatoms. The van der Waals surface area contributed by atoms with E-state index in [1.54, 1.807) is 0 Å². The van der Waals surface area contributed by atoms with Crippen LogP contribution in [0.3, 0.4) is 0 Å². The summed E-state index contributed by atoms with van der Waals surface area (Å²) >= 11 is 0. The molecular weight excluding hydrogens is 380 g/mol. The smallest absolute Gasteiger partial charge is 0.228 e. The van der Waals surface area contributed by atoms with Crippen LogP contribution in [0.1, 0.15) is 50.2 Å². The van der Waals surface area contributed by atoms with Crippen molar-refractivity contribution in [3.05, 3.63) is 35.5 Å². The van der Waals surface area contributed by atoms with Crippen LogP contribution in [0.2, 0.25) is 18.1 Å². The average molecular weight is 415 g/mol. The van der Waals surface area contributed by atoms with Crippen LogP contribution in [-0.2, 0) is 16.3 Å². The monoisotopic (exact) mass is 414 g/mol. The van der Waals surface area contributed by atoms with Gasteiger partial charge in [0.05, 0.1) is 18.1 Å². The predicted molar refractivity (Wildman–Crippen MR) is 120 cm³/mol. The summed E-state index contributed by atoms with van der Waals surface area (Å²) in [6.45, 7) is 15.0. The maximum Gasteiger partial charge on any atom is 0.228 e. The number of nitrogens with zero attached hydrogens (tertiary/aromatic N) is 1. The molecule has 29 heavy (non-hydrogen) atoms. The van der Waals surface area contributed by atoms with E-state index in [9.17, 15) is 9.59 Å². The molecule has 1 aromatic heterocycles. The molecule has 158 valence electrons. The first-order chi connectivity index (χ1) is 13.3. The van der Waals surface area contributed by atoms with Crippen LogP contribution in [-0.4, -0.2) is 36.7 Å². The molecule has 1 amide bonds. The van der Waals surface area contributed by atoms with Crippen molar-refractivity contribution in [1.82, 2.24) is 9.88 Å². The minimum atomic E-state index is -1.98. The van der Waals surface area contributed by atoms with Crippen LogP contribution in [0.4, 0.5) is 0 Å². The molecule has 1 aliphatic rings. The van der Waals surface area contributed by atoms with Gasteiger partial charge in [-0.1, -0.05) is 20.8 Å². The summed E-state index contributed by atoms with van der Waals surface area (Å²) in [5.41, 5.74) is 2.97. The number of benzene rings is 1. The lowest BCUT2D eigenvalue weighted by atomic mass is 9.82. The molecule has 0 saturated carbocycles. The lowest BCUT2D eigenvalue weighted by Crippen LogP contribution is -2.64. The van der Waals surface area contributed by atoms with E-state index >= 15 is 0 Å². The fourth-order valence-corrected chi connectivity index (χ4v) is 5.30. The normalized spacial score (nSPS) is 21.0. The van der Waals surface area contributed by atoms with Crippen molar-refractivity contribution in [2.45, 2.75) is 71.3 Å². The maximum absolute atomic E-state index is 12.9. The van der Waals surface area contributed by atoms with Crippen LogP contribution in [0.15, 0.2) is 24.3 Å². The van der Waals surface area contributed by atoms with Gasteiger partial charge < -0.3 is 14.3 Å². The molecule has 3 rings (SSSR count). The summed E-state index contributed by atoms with van der Waals surface area (Å²) in [6, 6.07) is 7.76. The number of aromatic nitrogens is 1. The molecule has 1 fully saturated rings. The van der Waals surface area contributed by atoms with Gasteiger partial charge in [-0.2, -0.15) is 0 Å². The number of hydrogen-bond acceptors (Lipinski definition) is 3. The van der Waals surface area contributed by atoms with E-state index in [1.165, 1.54) is 0 Å². The summed E-state index contributed by atoms with van der Waals surface area (Å²) in [6.07, 6.45) is 0.112. The lowest BCUT2D eigenvalue weighted by molar-refractivity contribution is -0.139. The summed E-state index contributed by atoms with van der Waals surface area (Å²) in [4.78, 5) is 25.2. The van der Waals surface area contributed by atoms with E-state index in [2.05, 4.69) is 56.7 Å². The third-order valence-corrected chi connectivity index (χ3v) is 11.4. The first kappa shape index (κ1) is 21.8. The highest BCUT2D eigenvalue weighted by atomic mass is 28.4. The summed E-state index contributed by atoms with van der Waals surface area (Å²) in [5.74, 6) is -0.221. The average Bonchev–Trinajstić information content (AvgIpc) is 2.86. The highest BCUT2D eigenvalue weighted by Gasteiger charge is 2.47. The molecule has 0 aliphatic carbocycles. The van der Waals surface area contributed by atoms with Gasteiger partial charge in [0.15, 0.2) is 14.1 Å². The maximum atomic E-state index is 12.9. The number of fused-ring (bicyclic) bond motifs is 1. The van der Waals surface area contributed by atoms with E-state index in [0.717, 1.165) is 16.6 Å². The molecule has 1 saturated heterocycles. The molecule has 1 N–H and O–H groups in total.